The zero-order valence-corrected chi connectivity index (χ0v) is 17.5. The first kappa shape index (κ1) is 19.2. The summed E-state index contributed by atoms with van der Waals surface area (Å²) in [5, 5.41) is 5.22. The zero-order valence-electron chi connectivity index (χ0n) is 15.9. The van der Waals surface area contributed by atoms with Gasteiger partial charge >= 0.3 is 0 Å². The molecule has 2 aromatic carbocycles. The van der Waals surface area contributed by atoms with Crippen LogP contribution in [0, 0.1) is 29.5 Å². The third kappa shape index (κ3) is 3.17. The van der Waals surface area contributed by atoms with E-state index in [9.17, 15) is 14.0 Å². The Morgan fingerprint density at radius 1 is 1.10 bits per heavy atom. The average Bonchev–Trinajstić information content (AvgIpc) is 3.41. The molecule has 0 spiro atoms. The molecular weight excluding hydrogens is 451 g/mol. The molecule has 1 aliphatic heterocycles. The Hall–Kier alpha value is -2.80. The van der Waals surface area contributed by atoms with Crippen LogP contribution in [0.4, 0.5) is 4.39 Å². The van der Waals surface area contributed by atoms with Gasteiger partial charge < -0.3 is 4.74 Å². The lowest BCUT2D eigenvalue weighted by Gasteiger charge is -2.13. The number of imide groups is 1. The highest BCUT2D eigenvalue weighted by molar-refractivity contribution is 9.10. The van der Waals surface area contributed by atoms with Gasteiger partial charge in [0.15, 0.2) is 0 Å². The summed E-state index contributed by atoms with van der Waals surface area (Å²) in [6.07, 6.45) is 6.43. The van der Waals surface area contributed by atoms with Gasteiger partial charge in [-0.15, -0.1) is 0 Å². The number of benzene rings is 2. The topological polar surface area (TPSA) is 59.0 Å². The molecule has 2 aromatic rings. The number of halogens is 2. The van der Waals surface area contributed by atoms with Crippen LogP contribution in [0.25, 0.3) is 0 Å². The van der Waals surface area contributed by atoms with Gasteiger partial charge in [-0.3, -0.25) is 9.59 Å². The van der Waals surface area contributed by atoms with Gasteiger partial charge in [0.2, 0.25) is 0 Å². The number of fused-ring (bicyclic) bond motifs is 5. The lowest BCUT2D eigenvalue weighted by Crippen LogP contribution is -2.28. The van der Waals surface area contributed by atoms with Crippen LogP contribution in [-0.2, 0) is 16.2 Å². The summed E-state index contributed by atoms with van der Waals surface area (Å²) in [5.41, 5.74) is 1.02. The van der Waals surface area contributed by atoms with E-state index in [2.05, 4.69) is 21.0 Å². The molecule has 30 heavy (non-hydrogen) atoms. The van der Waals surface area contributed by atoms with Crippen LogP contribution in [0.2, 0.25) is 0 Å². The molecule has 5 rings (SSSR count). The summed E-state index contributed by atoms with van der Waals surface area (Å²) in [6.45, 7) is 0.0515. The molecule has 2 fully saturated rings. The van der Waals surface area contributed by atoms with Crippen LogP contribution in [-0.4, -0.2) is 23.0 Å². The Balaban J connectivity index is 1.36. The SMILES string of the molecule is O=C1[C@@H]2[C@H](C(=O)N1N=Cc1cc(Br)ccc1OCc1ccccc1F)[C@H]1C=C[C@H]2C1. The number of hydrazone groups is 1. The summed E-state index contributed by atoms with van der Waals surface area (Å²) in [5.74, 6) is -0.625. The molecule has 0 aromatic heterocycles. The molecule has 1 saturated heterocycles. The lowest BCUT2D eigenvalue weighted by atomic mass is 9.85. The Labute approximate surface area is 181 Å². The summed E-state index contributed by atoms with van der Waals surface area (Å²) in [4.78, 5) is 25.6. The van der Waals surface area contributed by atoms with Gasteiger partial charge in [0, 0.05) is 15.6 Å². The van der Waals surface area contributed by atoms with E-state index >= 15 is 0 Å². The Kier molecular flexibility index (Phi) is 4.77. The van der Waals surface area contributed by atoms with Gasteiger partial charge in [0.1, 0.15) is 18.2 Å². The van der Waals surface area contributed by atoms with Crippen molar-refractivity contribution in [3.63, 3.8) is 0 Å². The van der Waals surface area contributed by atoms with Gasteiger partial charge in [-0.05, 0) is 42.5 Å². The summed E-state index contributed by atoms with van der Waals surface area (Å²) >= 11 is 3.41. The first-order valence-electron chi connectivity index (χ1n) is 9.79. The van der Waals surface area contributed by atoms with E-state index in [0.29, 0.717) is 16.9 Å². The highest BCUT2D eigenvalue weighted by Crippen LogP contribution is 2.52. The fourth-order valence-corrected chi connectivity index (χ4v) is 5.02. The van der Waals surface area contributed by atoms with Crippen LogP contribution in [0.15, 0.2) is 64.2 Å². The van der Waals surface area contributed by atoms with Crippen molar-refractivity contribution in [3.05, 3.63) is 76.0 Å². The maximum atomic E-state index is 13.9. The van der Waals surface area contributed by atoms with Crippen LogP contribution in [0.5, 0.6) is 5.75 Å². The number of carbonyl (C=O) groups excluding carboxylic acids is 2. The minimum Gasteiger partial charge on any atom is -0.488 e. The van der Waals surface area contributed by atoms with Crippen molar-refractivity contribution in [1.82, 2.24) is 5.01 Å². The molecule has 2 amide bonds. The second-order valence-electron chi connectivity index (χ2n) is 7.79. The Bertz CT molecular complexity index is 1070. The van der Waals surface area contributed by atoms with E-state index < -0.39 is 0 Å². The third-order valence-electron chi connectivity index (χ3n) is 6.07. The molecule has 0 unspecified atom stereocenters. The van der Waals surface area contributed by atoms with Crippen molar-refractivity contribution in [2.24, 2.45) is 28.8 Å². The molecular formula is C23H18BrFN2O3. The average molecular weight is 469 g/mol. The molecule has 0 N–H and O–H groups in total. The Morgan fingerprint density at radius 3 is 2.50 bits per heavy atom. The number of ether oxygens (including phenoxy) is 1. The molecule has 7 heteroatoms. The summed E-state index contributed by atoms with van der Waals surface area (Å²) in [6, 6.07) is 11.7. The van der Waals surface area contributed by atoms with E-state index in [1.165, 1.54) is 12.3 Å². The standard InChI is InChI=1S/C23H18BrFN2O3/c24-17-7-8-19(30-12-15-3-1-2-4-18(15)25)16(10-17)11-26-27-22(28)20-13-5-6-14(9-13)21(20)23(27)29/h1-8,10-11,13-14,20-21H,9,12H2/t13-,14-,20-,21+/m0/s1. The molecule has 3 aliphatic rings. The smallest absolute Gasteiger partial charge is 0.254 e. The normalized spacial score (nSPS) is 26.8. The van der Waals surface area contributed by atoms with Crippen molar-refractivity contribution < 1.29 is 18.7 Å². The minimum absolute atomic E-state index is 0.0515. The Morgan fingerprint density at radius 2 is 1.80 bits per heavy atom. The maximum Gasteiger partial charge on any atom is 0.254 e. The molecule has 4 atom stereocenters. The number of allylic oxidation sites excluding steroid dienone is 2. The summed E-state index contributed by atoms with van der Waals surface area (Å²) in [7, 11) is 0. The molecule has 1 saturated carbocycles. The van der Waals surface area contributed by atoms with E-state index in [1.54, 1.807) is 36.4 Å². The molecule has 2 aliphatic carbocycles. The molecule has 1 heterocycles. The molecule has 152 valence electrons. The predicted molar refractivity (Wildman–Crippen MR) is 112 cm³/mol. The molecule has 2 bridgehead atoms. The van der Waals surface area contributed by atoms with E-state index in [0.717, 1.165) is 15.9 Å². The lowest BCUT2D eigenvalue weighted by molar-refractivity contribution is -0.140. The van der Waals surface area contributed by atoms with Crippen molar-refractivity contribution >= 4 is 34.0 Å². The predicted octanol–water partition coefficient (Wildman–Crippen LogP) is 4.31. The van der Waals surface area contributed by atoms with Gasteiger partial charge in [-0.25, -0.2) is 4.39 Å². The monoisotopic (exact) mass is 468 g/mol. The van der Waals surface area contributed by atoms with Crippen molar-refractivity contribution in [1.29, 1.82) is 0 Å². The zero-order chi connectivity index (χ0) is 20.8. The van der Waals surface area contributed by atoms with Crippen LogP contribution < -0.4 is 4.74 Å². The van der Waals surface area contributed by atoms with Gasteiger partial charge in [-0.1, -0.05) is 46.3 Å². The number of hydrogen-bond acceptors (Lipinski definition) is 4. The van der Waals surface area contributed by atoms with Crippen LogP contribution in [0.1, 0.15) is 17.5 Å². The fourth-order valence-electron chi connectivity index (χ4n) is 4.64. The second-order valence-corrected chi connectivity index (χ2v) is 8.71. The van der Waals surface area contributed by atoms with E-state index in [-0.39, 0.29) is 47.9 Å². The molecule has 0 radical (unpaired) electrons. The van der Waals surface area contributed by atoms with Crippen molar-refractivity contribution in [2.75, 3.05) is 0 Å². The number of carbonyl (C=O) groups is 2. The van der Waals surface area contributed by atoms with Gasteiger partial charge in [0.05, 0.1) is 18.1 Å². The third-order valence-corrected chi connectivity index (χ3v) is 6.57. The quantitative estimate of drug-likeness (QED) is 0.373. The number of nitrogens with zero attached hydrogens (tertiary/aromatic N) is 2. The maximum absolute atomic E-state index is 13.9. The summed E-state index contributed by atoms with van der Waals surface area (Å²) < 4.78 is 20.5. The van der Waals surface area contributed by atoms with Gasteiger partial charge in [0.25, 0.3) is 11.8 Å². The fraction of sp³-hybridized carbons (Fsp3) is 0.261. The van der Waals surface area contributed by atoms with E-state index in [4.69, 9.17) is 4.74 Å². The second kappa shape index (κ2) is 7.47. The first-order valence-corrected chi connectivity index (χ1v) is 10.6. The highest BCUT2D eigenvalue weighted by atomic mass is 79.9. The molecule has 5 nitrogen and oxygen atoms in total. The van der Waals surface area contributed by atoms with Gasteiger partial charge in [-0.2, -0.15) is 10.1 Å². The van der Waals surface area contributed by atoms with Crippen molar-refractivity contribution in [2.45, 2.75) is 13.0 Å². The largest absolute Gasteiger partial charge is 0.488 e. The number of amides is 2. The number of hydrogen-bond donors (Lipinski definition) is 0. The van der Waals surface area contributed by atoms with Crippen LogP contribution in [0.3, 0.4) is 0 Å². The van der Waals surface area contributed by atoms with Crippen molar-refractivity contribution in [3.8, 4) is 5.75 Å². The van der Waals surface area contributed by atoms with Crippen LogP contribution >= 0.6 is 15.9 Å². The number of rotatable bonds is 5. The van der Waals surface area contributed by atoms with E-state index in [1.807, 2.05) is 12.2 Å². The highest BCUT2D eigenvalue weighted by Gasteiger charge is 2.59. The minimum atomic E-state index is -0.340. The first-order chi connectivity index (χ1) is 14.5.